The Morgan fingerprint density at radius 3 is 2.56 bits per heavy atom. The van der Waals surface area contributed by atoms with Gasteiger partial charge in [-0.05, 0) is 60.9 Å². The van der Waals surface area contributed by atoms with Gasteiger partial charge in [0.05, 0.1) is 0 Å². The predicted octanol–water partition coefficient (Wildman–Crippen LogP) is 4.95. The van der Waals surface area contributed by atoms with Gasteiger partial charge in [-0.2, -0.15) is 0 Å². The fraction of sp³-hybridized carbons (Fsp3) is 0.458. The minimum atomic E-state index is 0.0652. The van der Waals surface area contributed by atoms with Crippen molar-refractivity contribution in [2.45, 2.75) is 51.5 Å². The minimum Gasteiger partial charge on any atom is -0.367 e. The topological polar surface area (TPSA) is 32.3 Å². The summed E-state index contributed by atoms with van der Waals surface area (Å²) in [6, 6.07) is 16.9. The van der Waals surface area contributed by atoms with Crippen molar-refractivity contribution < 1.29 is 4.79 Å². The van der Waals surface area contributed by atoms with E-state index in [1.807, 2.05) is 12.1 Å². The molecule has 1 saturated carbocycles. The van der Waals surface area contributed by atoms with Gasteiger partial charge in [0.1, 0.15) is 0 Å². The Balaban J connectivity index is 1.34. The Bertz CT molecular complexity index is 762. The average molecular weight is 363 g/mol. The van der Waals surface area contributed by atoms with E-state index in [1.54, 1.807) is 0 Å². The van der Waals surface area contributed by atoms with E-state index in [1.165, 1.54) is 61.8 Å². The maximum Gasteiger partial charge on any atom is 0.251 e. The molecular weight excluding hydrogens is 332 g/mol. The molecule has 1 aliphatic heterocycles. The molecule has 0 spiro atoms. The van der Waals surface area contributed by atoms with E-state index in [4.69, 9.17) is 0 Å². The summed E-state index contributed by atoms with van der Waals surface area (Å²) >= 11 is 0. The number of nitrogens with one attached hydrogen (secondary N) is 1. The summed E-state index contributed by atoms with van der Waals surface area (Å²) in [5.74, 6) is 0.733. The summed E-state index contributed by atoms with van der Waals surface area (Å²) in [7, 11) is 0. The number of hydrogen-bond acceptors (Lipinski definition) is 2. The molecule has 4 rings (SSSR count). The lowest BCUT2D eigenvalue weighted by molar-refractivity contribution is 0.0943. The van der Waals surface area contributed by atoms with Gasteiger partial charge in [0.25, 0.3) is 5.91 Å². The van der Waals surface area contributed by atoms with Crippen LogP contribution in [0.15, 0.2) is 48.5 Å². The molecule has 142 valence electrons. The summed E-state index contributed by atoms with van der Waals surface area (Å²) in [6.07, 6.45) is 8.88. The molecule has 1 amide bonds. The van der Waals surface area contributed by atoms with E-state index in [0.29, 0.717) is 5.92 Å². The van der Waals surface area contributed by atoms with Crippen LogP contribution in [-0.4, -0.2) is 19.0 Å². The number of nitrogens with zero attached hydrogens (tertiary/aromatic N) is 1. The van der Waals surface area contributed by atoms with Crippen LogP contribution in [0.3, 0.4) is 0 Å². The maximum absolute atomic E-state index is 12.4. The number of carbonyl (C=O) groups excluding carboxylic acids is 1. The highest BCUT2D eigenvalue weighted by Crippen LogP contribution is 2.28. The average Bonchev–Trinajstić information content (AvgIpc) is 2.74. The summed E-state index contributed by atoms with van der Waals surface area (Å²) in [4.78, 5) is 14.9. The Kier molecular flexibility index (Phi) is 5.76. The van der Waals surface area contributed by atoms with E-state index in [2.05, 4.69) is 46.6 Å². The van der Waals surface area contributed by atoms with Crippen molar-refractivity contribution in [3.63, 3.8) is 0 Å². The molecule has 0 saturated heterocycles. The Morgan fingerprint density at radius 2 is 1.74 bits per heavy atom. The van der Waals surface area contributed by atoms with E-state index in [0.717, 1.165) is 25.2 Å². The summed E-state index contributed by atoms with van der Waals surface area (Å²) in [5.41, 5.74) is 4.84. The molecule has 0 aromatic heterocycles. The van der Waals surface area contributed by atoms with Crippen molar-refractivity contribution in [1.29, 1.82) is 0 Å². The van der Waals surface area contributed by atoms with E-state index < -0.39 is 0 Å². The van der Waals surface area contributed by atoms with Crippen LogP contribution >= 0.6 is 0 Å². The molecule has 0 unspecified atom stereocenters. The first-order valence-corrected chi connectivity index (χ1v) is 10.5. The molecule has 27 heavy (non-hydrogen) atoms. The van der Waals surface area contributed by atoms with Crippen LogP contribution in [0.25, 0.3) is 0 Å². The summed E-state index contributed by atoms with van der Waals surface area (Å²) in [5, 5.41) is 3.13. The van der Waals surface area contributed by atoms with Crippen molar-refractivity contribution >= 4 is 11.6 Å². The third-order valence-corrected chi connectivity index (χ3v) is 6.07. The lowest BCUT2D eigenvalue weighted by Crippen LogP contribution is -2.30. The zero-order valence-corrected chi connectivity index (χ0v) is 16.1. The van der Waals surface area contributed by atoms with Gasteiger partial charge in [0.2, 0.25) is 0 Å². The summed E-state index contributed by atoms with van der Waals surface area (Å²) in [6.45, 7) is 2.83. The van der Waals surface area contributed by atoms with Gasteiger partial charge in [-0.15, -0.1) is 0 Å². The molecule has 3 heteroatoms. The molecule has 0 radical (unpaired) electrons. The van der Waals surface area contributed by atoms with Crippen molar-refractivity contribution in [2.24, 2.45) is 5.92 Å². The minimum absolute atomic E-state index is 0.0652. The van der Waals surface area contributed by atoms with E-state index in [-0.39, 0.29) is 5.91 Å². The van der Waals surface area contributed by atoms with Crippen LogP contribution in [0, 0.1) is 5.92 Å². The van der Waals surface area contributed by atoms with Crippen LogP contribution in [0.1, 0.15) is 60.0 Å². The number of hydrogen-bond donors (Lipinski definition) is 1. The smallest absolute Gasteiger partial charge is 0.251 e. The van der Waals surface area contributed by atoms with Gasteiger partial charge in [-0.3, -0.25) is 4.79 Å². The van der Waals surface area contributed by atoms with E-state index in [9.17, 15) is 4.79 Å². The molecule has 0 bridgehead atoms. The van der Waals surface area contributed by atoms with Crippen molar-refractivity contribution in [2.75, 3.05) is 18.0 Å². The maximum atomic E-state index is 12.4. The quantitative estimate of drug-likeness (QED) is 0.816. The lowest BCUT2D eigenvalue weighted by atomic mass is 9.89. The van der Waals surface area contributed by atoms with Crippen LogP contribution in [0.4, 0.5) is 5.69 Å². The molecule has 3 nitrogen and oxygen atoms in total. The highest BCUT2D eigenvalue weighted by molar-refractivity contribution is 5.94. The molecule has 0 atom stereocenters. The van der Waals surface area contributed by atoms with Gasteiger partial charge >= 0.3 is 0 Å². The van der Waals surface area contributed by atoms with Crippen molar-refractivity contribution in [1.82, 2.24) is 5.32 Å². The highest BCUT2D eigenvalue weighted by Gasteiger charge is 2.17. The second-order valence-electron chi connectivity index (χ2n) is 8.06. The van der Waals surface area contributed by atoms with Crippen molar-refractivity contribution in [3.8, 4) is 0 Å². The first-order valence-electron chi connectivity index (χ1n) is 10.5. The number of para-hydroxylation sites is 1. The zero-order valence-electron chi connectivity index (χ0n) is 16.1. The standard InChI is InChI=1S/C24H30N2O/c27-24(25-17-19-7-2-1-3-8-19)22-14-12-20(13-15-22)18-26-16-6-10-21-9-4-5-11-23(21)26/h4-5,9,11-15,19H,1-3,6-8,10,16-18H2,(H,25,27). The van der Waals surface area contributed by atoms with Crippen LogP contribution in [0.2, 0.25) is 0 Å². The molecule has 1 N–H and O–H groups in total. The predicted molar refractivity (Wildman–Crippen MR) is 111 cm³/mol. The van der Waals surface area contributed by atoms with Gasteiger partial charge in [-0.1, -0.05) is 49.6 Å². The highest BCUT2D eigenvalue weighted by atomic mass is 16.1. The van der Waals surface area contributed by atoms with Crippen LogP contribution < -0.4 is 10.2 Å². The number of benzene rings is 2. The molecule has 1 heterocycles. The fourth-order valence-electron chi connectivity index (χ4n) is 4.49. The molecule has 2 aromatic carbocycles. The normalized spacial score (nSPS) is 17.4. The van der Waals surface area contributed by atoms with Gasteiger partial charge in [0, 0.05) is 30.9 Å². The number of rotatable bonds is 5. The van der Waals surface area contributed by atoms with Gasteiger partial charge < -0.3 is 10.2 Å². The zero-order chi connectivity index (χ0) is 18.5. The Morgan fingerprint density at radius 1 is 0.963 bits per heavy atom. The van der Waals surface area contributed by atoms with Gasteiger partial charge in [0.15, 0.2) is 0 Å². The van der Waals surface area contributed by atoms with E-state index >= 15 is 0 Å². The Labute approximate surface area is 162 Å². The third-order valence-electron chi connectivity index (χ3n) is 6.07. The number of amides is 1. The number of carbonyl (C=O) groups is 1. The number of anilines is 1. The fourth-order valence-corrected chi connectivity index (χ4v) is 4.49. The lowest BCUT2D eigenvalue weighted by Gasteiger charge is -2.31. The third kappa shape index (κ3) is 4.52. The molecule has 1 fully saturated rings. The SMILES string of the molecule is O=C(NCC1CCCCC1)c1ccc(CN2CCCc3ccccc32)cc1. The largest absolute Gasteiger partial charge is 0.367 e. The molecule has 2 aromatic rings. The first-order chi connectivity index (χ1) is 13.3. The number of aryl methyl sites for hydroxylation is 1. The molecular formula is C24H30N2O. The second-order valence-corrected chi connectivity index (χ2v) is 8.06. The summed E-state index contributed by atoms with van der Waals surface area (Å²) < 4.78 is 0. The second kappa shape index (κ2) is 8.60. The monoisotopic (exact) mass is 362 g/mol. The molecule has 1 aliphatic carbocycles. The van der Waals surface area contributed by atoms with Crippen LogP contribution in [-0.2, 0) is 13.0 Å². The van der Waals surface area contributed by atoms with Crippen LogP contribution in [0.5, 0.6) is 0 Å². The number of fused-ring (bicyclic) bond motifs is 1. The van der Waals surface area contributed by atoms with Gasteiger partial charge in [-0.25, -0.2) is 0 Å². The van der Waals surface area contributed by atoms with Crippen molar-refractivity contribution in [3.05, 3.63) is 65.2 Å². The Hall–Kier alpha value is -2.29. The molecule has 2 aliphatic rings. The first kappa shape index (κ1) is 18.1.